The van der Waals surface area contributed by atoms with Crippen LogP contribution in [0.5, 0.6) is 0 Å². The van der Waals surface area contributed by atoms with E-state index in [2.05, 4.69) is 15.2 Å². The Balaban J connectivity index is 1.65. The van der Waals surface area contributed by atoms with Crippen LogP contribution in [0.1, 0.15) is 28.9 Å². The van der Waals surface area contributed by atoms with E-state index in [1.165, 1.54) is 25.9 Å². The lowest BCUT2D eigenvalue weighted by Crippen LogP contribution is -2.57. The normalized spacial score (nSPS) is 26.4. The molecule has 0 spiro atoms. The number of piperidine rings is 3. The highest BCUT2D eigenvalue weighted by Gasteiger charge is 2.35. The predicted octanol–water partition coefficient (Wildman–Crippen LogP) is 3.02. The molecule has 4 nitrogen and oxygen atoms in total. The third-order valence-electron chi connectivity index (χ3n) is 5.12. The van der Waals surface area contributed by atoms with Crippen molar-refractivity contribution in [2.75, 3.05) is 19.6 Å². The van der Waals surface area contributed by atoms with Crippen LogP contribution in [0.2, 0.25) is 5.02 Å². The van der Waals surface area contributed by atoms with E-state index < -0.39 is 0 Å². The lowest BCUT2D eigenvalue weighted by molar-refractivity contribution is 0.0621. The van der Waals surface area contributed by atoms with Crippen molar-refractivity contribution >= 4 is 28.4 Å². The summed E-state index contributed by atoms with van der Waals surface area (Å²) in [6.45, 7) is 5.23. The van der Waals surface area contributed by atoms with Crippen molar-refractivity contribution in [1.29, 1.82) is 0 Å². The molecule has 0 saturated carbocycles. The summed E-state index contributed by atoms with van der Waals surface area (Å²) < 4.78 is 0. The van der Waals surface area contributed by atoms with E-state index in [4.69, 9.17) is 11.6 Å². The van der Waals surface area contributed by atoms with Crippen LogP contribution in [-0.4, -0.2) is 41.5 Å². The number of pyridine rings is 1. The van der Waals surface area contributed by atoms with Crippen LogP contribution in [0.3, 0.4) is 0 Å². The molecule has 3 fully saturated rings. The number of halogens is 1. The second kappa shape index (κ2) is 5.77. The van der Waals surface area contributed by atoms with Crippen LogP contribution in [0.15, 0.2) is 24.3 Å². The molecule has 5 heteroatoms. The summed E-state index contributed by atoms with van der Waals surface area (Å²) in [5.41, 5.74) is 2.33. The summed E-state index contributed by atoms with van der Waals surface area (Å²) in [5.74, 6) is 0.600. The van der Waals surface area contributed by atoms with Crippen LogP contribution in [0.25, 0.3) is 10.9 Å². The number of carbonyl (C=O) groups excluding carboxylic acids is 1. The molecule has 1 aromatic heterocycles. The lowest BCUT2D eigenvalue weighted by atomic mass is 9.84. The van der Waals surface area contributed by atoms with Crippen molar-refractivity contribution in [3.63, 3.8) is 0 Å². The van der Waals surface area contributed by atoms with E-state index in [0.717, 1.165) is 23.1 Å². The SMILES string of the molecule is Cc1cc(C(=O)N[C@H]2CN3CCC2CC3)c2cc(Cl)ccc2n1. The Kier molecular flexibility index (Phi) is 3.74. The molecule has 1 amide bonds. The van der Waals surface area contributed by atoms with E-state index in [0.29, 0.717) is 16.5 Å². The minimum Gasteiger partial charge on any atom is -0.348 e. The molecule has 1 N–H and O–H groups in total. The fourth-order valence-corrected chi connectivity index (χ4v) is 4.07. The third-order valence-corrected chi connectivity index (χ3v) is 5.35. The number of benzene rings is 1. The Morgan fingerprint density at radius 1 is 1.30 bits per heavy atom. The Morgan fingerprint density at radius 2 is 2.09 bits per heavy atom. The van der Waals surface area contributed by atoms with E-state index in [-0.39, 0.29) is 11.9 Å². The highest BCUT2D eigenvalue weighted by molar-refractivity contribution is 6.31. The van der Waals surface area contributed by atoms with Gasteiger partial charge in [0.1, 0.15) is 0 Å². The minimum atomic E-state index is -0.0125. The number of amides is 1. The lowest BCUT2D eigenvalue weighted by Gasteiger charge is -2.44. The van der Waals surface area contributed by atoms with Gasteiger partial charge in [0.15, 0.2) is 0 Å². The zero-order valence-electron chi connectivity index (χ0n) is 13.2. The summed E-state index contributed by atoms with van der Waals surface area (Å²) in [5, 5.41) is 4.70. The van der Waals surface area contributed by atoms with Gasteiger partial charge in [-0.25, -0.2) is 0 Å². The van der Waals surface area contributed by atoms with Gasteiger partial charge in [0.05, 0.1) is 11.1 Å². The van der Waals surface area contributed by atoms with Gasteiger partial charge in [-0.3, -0.25) is 9.78 Å². The maximum Gasteiger partial charge on any atom is 0.252 e. The summed E-state index contributed by atoms with van der Waals surface area (Å²) >= 11 is 6.11. The van der Waals surface area contributed by atoms with Crippen LogP contribution < -0.4 is 5.32 Å². The average molecular weight is 330 g/mol. The molecule has 3 aliphatic heterocycles. The first kappa shape index (κ1) is 14.9. The number of aryl methyl sites for hydroxylation is 1. The number of carbonyl (C=O) groups is 1. The molecular formula is C18H20ClN3O. The molecule has 2 aromatic rings. The van der Waals surface area contributed by atoms with Crippen molar-refractivity contribution in [2.24, 2.45) is 5.92 Å². The number of nitrogens with zero attached hydrogens (tertiary/aromatic N) is 2. The van der Waals surface area contributed by atoms with Gasteiger partial charge < -0.3 is 10.2 Å². The van der Waals surface area contributed by atoms with Crippen LogP contribution >= 0.6 is 11.6 Å². The van der Waals surface area contributed by atoms with Crippen LogP contribution in [0, 0.1) is 12.8 Å². The Labute approximate surface area is 140 Å². The highest BCUT2D eigenvalue weighted by atomic mass is 35.5. The smallest absolute Gasteiger partial charge is 0.252 e. The van der Waals surface area contributed by atoms with Gasteiger partial charge in [-0.2, -0.15) is 0 Å². The molecule has 0 aliphatic carbocycles. The van der Waals surface area contributed by atoms with Crippen molar-refractivity contribution in [3.05, 3.63) is 40.5 Å². The molecule has 0 unspecified atom stereocenters. The average Bonchev–Trinajstić information content (AvgIpc) is 2.55. The summed E-state index contributed by atoms with van der Waals surface area (Å²) in [6, 6.07) is 7.62. The Morgan fingerprint density at radius 3 is 2.78 bits per heavy atom. The molecule has 3 aliphatic rings. The second-order valence-corrected chi connectivity index (χ2v) is 7.13. The number of aromatic nitrogens is 1. The molecule has 4 heterocycles. The van der Waals surface area contributed by atoms with Gasteiger partial charge in [0, 0.05) is 28.7 Å². The minimum absolute atomic E-state index is 0.0125. The molecular weight excluding hydrogens is 310 g/mol. The van der Waals surface area contributed by atoms with E-state index in [9.17, 15) is 4.79 Å². The topological polar surface area (TPSA) is 45.2 Å². The Bertz CT molecular complexity index is 768. The summed E-state index contributed by atoms with van der Waals surface area (Å²) in [4.78, 5) is 19.8. The van der Waals surface area contributed by atoms with Gasteiger partial charge in [-0.05, 0) is 63.0 Å². The zero-order chi connectivity index (χ0) is 16.0. The standard InChI is InChI=1S/C18H20ClN3O/c1-11-8-15(14-9-13(19)2-3-16(14)20-11)18(23)21-17-10-22-6-4-12(17)5-7-22/h2-3,8-9,12,17H,4-7,10H2,1H3,(H,21,23)/t17-/m0/s1. The molecule has 0 radical (unpaired) electrons. The number of hydrogen-bond donors (Lipinski definition) is 1. The maximum atomic E-state index is 12.9. The van der Waals surface area contributed by atoms with Crippen molar-refractivity contribution in [2.45, 2.75) is 25.8 Å². The van der Waals surface area contributed by atoms with Gasteiger partial charge in [-0.1, -0.05) is 11.6 Å². The summed E-state index contributed by atoms with van der Waals surface area (Å²) in [6.07, 6.45) is 2.37. The first-order valence-corrected chi connectivity index (χ1v) is 8.58. The molecule has 1 atom stereocenters. The first-order valence-electron chi connectivity index (χ1n) is 8.20. The monoisotopic (exact) mass is 329 g/mol. The highest BCUT2D eigenvalue weighted by Crippen LogP contribution is 2.28. The molecule has 1 aromatic carbocycles. The molecule has 5 rings (SSSR count). The molecule has 3 saturated heterocycles. The number of rotatable bonds is 2. The predicted molar refractivity (Wildman–Crippen MR) is 91.9 cm³/mol. The fraction of sp³-hybridized carbons (Fsp3) is 0.444. The number of hydrogen-bond acceptors (Lipinski definition) is 3. The molecule has 2 bridgehead atoms. The zero-order valence-corrected chi connectivity index (χ0v) is 13.9. The first-order chi connectivity index (χ1) is 11.1. The van der Waals surface area contributed by atoms with Crippen molar-refractivity contribution < 1.29 is 4.79 Å². The maximum absolute atomic E-state index is 12.9. The number of fused-ring (bicyclic) bond motifs is 4. The van der Waals surface area contributed by atoms with Crippen LogP contribution in [0.4, 0.5) is 0 Å². The van der Waals surface area contributed by atoms with E-state index in [1.807, 2.05) is 31.2 Å². The third kappa shape index (κ3) is 2.81. The van der Waals surface area contributed by atoms with Crippen LogP contribution in [-0.2, 0) is 0 Å². The van der Waals surface area contributed by atoms with E-state index in [1.54, 1.807) is 0 Å². The van der Waals surface area contributed by atoms with Gasteiger partial charge in [0.2, 0.25) is 0 Å². The van der Waals surface area contributed by atoms with Gasteiger partial charge in [0.25, 0.3) is 5.91 Å². The van der Waals surface area contributed by atoms with Gasteiger partial charge >= 0.3 is 0 Å². The quantitative estimate of drug-likeness (QED) is 0.921. The summed E-state index contributed by atoms with van der Waals surface area (Å²) in [7, 11) is 0. The second-order valence-electron chi connectivity index (χ2n) is 6.69. The van der Waals surface area contributed by atoms with E-state index >= 15 is 0 Å². The molecule has 23 heavy (non-hydrogen) atoms. The van der Waals surface area contributed by atoms with Gasteiger partial charge in [-0.15, -0.1) is 0 Å². The van der Waals surface area contributed by atoms with Crippen molar-refractivity contribution in [3.8, 4) is 0 Å². The molecule has 120 valence electrons. The fourth-order valence-electron chi connectivity index (χ4n) is 3.89. The van der Waals surface area contributed by atoms with Crippen molar-refractivity contribution in [1.82, 2.24) is 15.2 Å². The largest absolute Gasteiger partial charge is 0.348 e. The Hall–Kier alpha value is -1.65. The number of nitrogens with one attached hydrogen (secondary N) is 1.